The van der Waals surface area contributed by atoms with Crippen molar-refractivity contribution in [2.75, 3.05) is 13.2 Å². The predicted molar refractivity (Wildman–Crippen MR) is 96.4 cm³/mol. The van der Waals surface area contributed by atoms with Gasteiger partial charge in [-0.1, -0.05) is 54.3 Å². The normalized spacial score (nSPS) is 13.3. The number of carbonyl (C=O) groups is 1. The molecule has 1 N–H and O–H groups in total. The third-order valence-corrected chi connectivity index (χ3v) is 3.76. The van der Waals surface area contributed by atoms with Gasteiger partial charge < -0.3 is 9.84 Å². The average Bonchev–Trinajstić information content (AvgIpc) is 2.60. The number of allylic oxidation sites excluding steroid dienone is 1. The van der Waals surface area contributed by atoms with Gasteiger partial charge in [-0.15, -0.1) is 0 Å². The number of esters is 1. The Labute approximate surface area is 143 Å². The first-order valence-electron chi connectivity index (χ1n) is 8.04. The molecule has 0 radical (unpaired) electrons. The zero-order valence-electron chi connectivity index (χ0n) is 14.1. The topological polar surface area (TPSA) is 46.5 Å². The standard InChI is InChI=1S/C21H22O3/c1-3-24-20(23)21(2,13-6-7-15-22)14-12-17-10-11-18-8-4-5-9-19(18)16-17/h4-11,16,22H,3,13,15H2,1-2H3/b7-6-. The van der Waals surface area contributed by atoms with Crippen molar-refractivity contribution in [1.82, 2.24) is 0 Å². The first-order valence-corrected chi connectivity index (χ1v) is 8.04. The minimum atomic E-state index is -0.937. The van der Waals surface area contributed by atoms with E-state index in [2.05, 4.69) is 17.9 Å². The number of fused-ring (bicyclic) bond motifs is 1. The maximum atomic E-state index is 12.3. The lowest BCUT2D eigenvalue weighted by atomic mass is 9.87. The fraction of sp³-hybridized carbons (Fsp3) is 0.286. The van der Waals surface area contributed by atoms with Crippen LogP contribution in [0.15, 0.2) is 54.6 Å². The van der Waals surface area contributed by atoms with E-state index in [9.17, 15) is 4.79 Å². The molecule has 1 unspecified atom stereocenters. The average molecular weight is 322 g/mol. The largest absolute Gasteiger partial charge is 0.465 e. The molecule has 24 heavy (non-hydrogen) atoms. The smallest absolute Gasteiger partial charge is 0.324 e. The Balaban J connectivity index is 2.32. The highest BCUT2D eigenvalue weighted by atomic mass is 16.5. The van der Waals surface area contributed by atoms with Crippen LogP contribution in [0, 0.1) is 17.3 Å². The first-order chi connectivity index (χ1) is 11.6. The molecule has 0 aromatic heterocycles. The zero-order chi connectivity index (χ0) is 17.4. The van der Waals surface area contributed by atoms with Crippen LogP contribution in [0.5, 0.6) is 0 Å². The molecule has 0 amide bonds. The van der Waals surface area contributed by atoms with Crippen LogP contribution in [0.4, 0.5) is 0 Å². The summed E-state index contributed by atoms with van der Waals surface area (Å²) in [6, 6.07) is 14.1. The molecule has 0 fully saturated rings. The molecule has 0 spiro atoms. The van der Waals surface area contributed by atoms with E-state index in [0.717, 1.165) is 16.3 Å². The van der Waals surface area contributed by atoms with Gasteiger partial charge >= 0.3 is 5.97 Å². The lowest BCUT2D eigenvalue weighted by Gasteiger charge is -2.19. The second-order valence-electron chi connectivity index (χ2n) is 5.72. The molecule has 0 saturated carbocycles. The second kappa shape index (κ2) is 8.33. The summed E-state index contributed by atoms with van der Waals surface area (Å²) >= 11 is 0. The number of hydrogen-bond acceptors (Lipinski definition) is 3. The fourth-order valence-corrected chi connectivity index (χ4v) is 2.35. The number of carbonyl (C=O) groups excluding carboxylic acids is 1. The van der Waals surface area contributed by atoms with Gasteiger partial charge in [0.25, 0.3) is 0 Å². The van der Waals surface area contributed by atoms with Gasteiger partial charge in [-0.05, 0) is 43.2 Å². The van der Waals surface area contributed by atoms with Crippen molar-refractivity contribution < 1.29 is 14.6 Å². The Morgan fingerprint density at radius 2 is 1.96 bits per heavy atom. The van der Waals surface area contributed by atoms with Crippen LogP contribution < -0.4 is 0 Å². The van der Waals surface area contributed by atoms with Crippen molar-refractivity contribution in [1.29, 1.82) is 0 Å². The third-order valence-electron chi connectivity index (χ3n) is 3.76. The molecule has 3 heteroatoms. The molecule has 124 valence electrons. The molecular formula is C21H22O3. The van der Waals surface area contributed by atoms with E-state index in [1.165, 1.54) is 0 Å². The van der Waals surface area contributed by atoms with E-state index in [1.54, 1.807) is 26.0 Å². The number of rotatable bonds is 5. The third kappa shape index (κ3) is 4.47. The minimum Gasteiger partial charge on any atom is -0.465 e. The lowest BCUT2D eigenvalue weighted by Crippen LogP contribution is -2.28. The lowest BCUT2D eigenvalue weighted by molar-refractivity contribution is -0.150. The van der Waals surface area contributed by atoms with E-state index in [4.69, 9.17) is 9.84 Å². The number of aliphatic hydroxyl groups is 1. The molecular weight excluding hydrogens is 300 g/mol. The molecule has 3 nitrogen and oxygen atoms in total. The predicted octanol–water partition coefficient (Wildman–Crippen LogP) is 3.70. The summed E-state index contributed by atoms with van der Waals surface area (Å²) < 4.78 is 5.16. The molecule has 0 bridgehead atoms. The Hall–Kier alpha value is -2.57. The van der Waals surface area contributed by atoms with E-state index in [0.29, 0.717) is 13.0 Å². The summed E-state index contributed by atoms with van der Waals surface area (Å²) in [5, 5.41) is 11.1. The molecule has 0 saturated heterocycles. The highest BCUT2D eigenvalue weighted by Crippen LogP contribution is 2.24. The number of ether oxygens (including phenoxy) is 1. The second-order valence-corrected chi connectivity index (χ2v) is 5.72. The highest BCUT2D eigenvalue weighted by Gasteiger charge is 2.31. The van der Waals surface area contributed by atoms with E-state index in [1.807, 2.05) is 36.4 Å². The maximum absolute atomic E-state index is 12.3. The van der Waals surface area contributed by atoms with Crippen LogP contribution in [0.1, 0.15) is 25.8 Å². The summed E-state index contributed by atoms with van der Waals surface area (Å²) in [4.78, 5) is 12.3. The van der Waals surface area contributed by atoms with Gasteiger partial charge in [0.15, 0.2) is 0 Å². The van der Waals surface area contributed by atoms with Crippen molar-refractivity contribution >= 4 is 16.7 Å². The molecule has 0 aliphatic rings. The van der Waals surface area contributed by atoms with Gasteiger partial charge in [-0.25, -0.2) is 0 Å². The van der Waals surface area contributed by atoms with E-state index < -0.39 is 5.41 Å². The summed E-state index contributed by atoms with van der Waals surface area (Å²) in [6.07, 6.45) is 3.76. The van der Waals surface area contributed by atoms with Crippen molar-refractivity contribution in [2.45, 2.75) is 20.3 Å². The molecule has 2 aromatic carbocycles. The summed E-state index contributed by atoms with van der Waals surface area (Å²) in [5.74, 6) is 5.81. The van der Waals surface area contributed by atoms with Crippen molar-refractivity contribution in [3.8, 4) is 11.8 Å². The van der Waals surface area contributed by atoms with Crippen LogP contribution in [0.2, 0.25) is 0 Å². The Morgan fingerprint density at radius 1 is 1.21 bits per heavy atom. The fourth-order valence-electron chi connectivity index (χ4n) is 2.35. The molecule has 2 rings (SSSR count). The summed E-state index contributed by atoms with van der Waals surface area (Å²) in [5.41, 5.74) is -0.0804. The molecule has 1 atom stereocenters. The van der Waals surface area contributed by atoms with Crippen LogP contribution in [0.3, 0.4) is 0 Å². The Morgan fingerprint density at radius 3 is 2.67 bits per heavy atom. The van der Waals surface area contributed by atoms with Gasteiger partial charge in [-0.3, -0.25) is 4.79 Å². The molecule has 0 aliphatic carbocycles. The van der Waals surface area contributed by atoms with Gasteiger partial charge in [0.2, 0.25) is 0 Å². The van der Waals surface area contributed by atoms with E-state index >= 15 is 0 Å². The van der Waals surface area contributed by atoms with Gasteiger partial charge in [-0.2, -0.15) is 0 Å². The first kappa shape index (κ1) is 17.8. The van der Waals surface area contributed by atoms with Crippen LogP contribution in [-0.2, 0) is 9.53 Å². The van der Waals surface area contributed by atoms with E-state index in [-0.39, 0.29) is 12.6 Å². The quantitative estimate of drug-likeness (QED) is 0.519. The van der Waals surface area contributed by atoms with Crippen molar-refractivity contribution in [3.05, 3.63) is 60.2 Å². The summed E-state index contributed by atoms with van der Waals surface area (Å²) in [7, 11) is 0. The van der Waals surface area contributed by atoms with Gasteiger partial charge in [0.05, 0.1) is 13.2 Å². The maximum Gasteiger partial charge on any atom is 0.324 e. The van der Waals surface area contributed by atoms with Crippen molar-refractivity contribution in [2.24, 2.45) is 5.41 Å². The zero-order valence-corrected chi connectivity index (χ0v) is 14.1. The SMILES string of the molecule is CCOC(=O)C(C)(C#Cc1ccc2ccccc2c1)C/C=C\CO. The van der Waals surface area contributed by atoms with Gasteiger partial charge in [0, 0.05) is 5.56 Å². The molecule has 0 heterocycles. The van der Waals surface area contributed by atoms with Crippen LogP contribution in [0.25, 0.3) is 10.8 Å². The van der Waals surface area contributed by atoms with Gasteiger partial charge in [0.1, 0.15) is 5.41 Å². The van der Waals surface area contributed by atoms with Crippen LogP contribution >= 0.6 is 0 Å². The summed E-state index contributed by atoms with van der Waals surface area (Å²) in [6.45, 7) is 3.80. The highest BCUT2D eigenvalue weighted by molar-refractivity contribution is 5.84. The minimum absolute atomic E-state index is 0.0585. The number of hydrogen-bond donors (Lipinski definition) is 1. The number of aliphatic hydroxyl groups excluding tert-OH is 1. The van der Waals surface area contributed by atoms with Crippen molar-refractivity contribution in [3.63, 3.8) is 0 Å². The number of benzene rings is 2. The molecule has 2 aromatic rings. The Kier molecular flexibility index (Phi) is 6.17. The molecule has 0 aliphatic heterocycles. The van der Waals surface area contributed by atoms with Crippen LogP contribution in [-0.4, -0.2) is 24.3 Å². The Bertz CT molecular complexity index is 795. The monoisotopic (exact) mass is 322 g/mol.